The molecule has 0 bridgehead atoms. The Morgan fingerprint density at radius 1 is 1.14 bits per heavy atom. The SMILES string of the molecule is COC(=O)c1cn(CN2CCN(S(=O)(=O)c3ccc4c(c3)CCC4)CC2)nn1. The van der Waals surface area contributed by atoms with Gasteiger partial charge in [0.05, 0.1) is 24.9 Å². The van der Waals surface area contributed by atoms with E-state index in [1.807, 2.05) is 12.1 Å². The zero-order chi connectivity index (χ0) is 19.7. The van der Waals surface area contributed by atoms with Crippen molar-refractivity contribution in [2.75, 3.05) is 33.3 Å². The molecule has 0 amide bonds. The van der Waals surface area contributed by atoms with Crippen molar-refractivity contribution in [3.05, 3.63) is 41.2 Å². The first-order valence-electron chi connectivity index (χ1n) is 9.30. The standard InChI is InChI=1S/C18H23N5O4S/c1-27-18(24)17-12-22(20-19-17)13-21-7-9-23(10-8-21)28(25,26)16-6-5-14-3-2-4-15(14)11-16/h5-6,11-12H,2-4,7-10,13H2,1H3. The van der Waals surface area contributed by atoms with Gasteiger partial charge < -0.3 is 4.74 Å². The van der Waals surface area contributed by atoms with Gasteiger partial charge in [-0.3, -0.25) is 4.90 Å². The molecule has 2 aromatic rings. The van der Waals surface area contributed by atoms with E-state index < -0.39 is 16.0 Å². The fourth-order valence-corrected chi connectivity index (χ4v) is 5.21. The molecule has 2 aliphatic rings. The Labute approximate surface area is 163 Å². The molecule has 10 heteroatoms. The lowest BCUT2D eigenvalue weighted by atomic mass is 10.1. The Bertz CT molecular complexity index is 980. The fourth-order valence-electron chi connectivity index (χ4n) is 3.74. The number of fused-ring (bicyclic) bond motifs is 1. The van der Waals surface area contributed by atoms with Crippen molar-refractivity contribution in [2.24, 2.45) is 0 Å². The Balaban J connectivity index is 1.38. The van der Waals surface area contributed by atoms with Crippen molar-refractivity contribution in [3.8, 4) is 0 Å². The minimum absolute atomic E-state index is 0.153. The summed E-state index contributed by atoms with van der Waals surface area (Å²) in [5.41, 5.74) is 2.58. The fraction of sp³-hybridized carbons (Fsp3) is 0.500. The maximum absolute atomic E-state index is 13.0. The number of aromatic nitrogens is 3. The zero-order valence-corrected chi connectivity index (χ0v) is 16.6. The Kier molecular flexibility index (Phi) is 5.17. The average Bonchev–Trinajstić information content (AvgIpc) is 3.36. The van der Waals surface area contributed by atoms with Crippen molar-refractivity contribution in [1.82, 2.24) is 24.2 Å². The number of ether oxygens (including phenoxy) is 1. The van der Waals surface area contributed by atoms with Gasteiger partial charge in [0.25, 0.3) is 0 Å². The maximum atomic E-state index is 13.0. The molecule has 1 aromatic heterocycles. The Morgan fingerprint density at radius 3 is 2.64 bits per heavy atom. The number of methoxy groups -OCH3 is 1. The van der Waals surface area contributed by atoms with Gasteiger partial charge in [0.2, 0.25) is 10.0 Å². The van der Waals surface area contributed by atoms with E-state index in [0.717, 1.165) is 24.8 Å². The van der Waals surface area contributed by atoms with Crippen LogP contribution in [0.25, 0.3) is 0 Å². The van der Waals surface area contributed by atoms with E-state index in [0.29, 0.717) is 37.7 Å². The predicted molar refractivity (Wildman–Crippen MR) is 100 cm³/mol. The molecule has 28 heavy (non-hydrogen) atoms. The molecule has 4 rings (SSSR count). The Hall–Kier alpha value is -2.30. The summed E-state index contributed by atoms with van der Waals surface area (Å²) in [4.78, 5) is 13.9. The van der Waals surface area contributed by atoms with E-state index in [2.05, 4.69) is 19.9 Å². The first kappa shape index (κ1) is 19.0. The van der Waals surface area contributed by atoms with E-state index >= 15 is 0 Å². The summed E-state index contributed by atoms with van der Waals surface area (Å²) in [5.74, 6) is -0.531. The second kappa shape index (κ2) is 7.61. The van der Waals surface area contributed by atoms with E-state index in [9.17, 15) is 13.2 Å². The van der Waals surface area contributed by atoms with Crippen molar-refractivity contribution in [3.63, 3.8) is 0 Å². The molecule has 0 unspecified atom stereocenters. The van der Waals surface area contributed by atoms with E-state index in [4.69, 9.17) is 0 Å². The van der Waals surface area contributed by atoms with E-state index in [-0.39, 0.29) is 5.69 Å². The molecule has 1 aliphatic heterocycles. The minimum Gasteiger partial charge on any atom is -0.464 e. The summed E-state index contributed by atoms with van der Waals surface area (Å²) in [7, 11) is -2.19. The molecule has 1 aliphatic carbocycles. The molecular weight excluding hydrogens is 382 g/mol. The molecule has 0 N–H and O–H groups in total. The van der Waals surface area contributed by atoms with Gasteiger partial charge in [0.15, 0.2) is 5.69 Å². The zero-order valence-electron chi connectivity index (χ0n) is 15.7. The molecule has 1 fully saturated rings. The van der Waals surface area contributed by atoms with Crippen LogP contribution in [0.4, 0.5) is 0 Å². The highest BCUT2D eigenvalue weighted by Crippen LogP contribution is 2.26. The third-order valence-electron chi connectivity index (χ3n) is 5.32. The van der Waals surface area contributed by atoms with Gasteiger partial charge in [-0.2, -0.15) is 4.31 Å². The van der Waals surface area contributed by atoms with Crippen LogP contribution in [-0.4, -0.2) is 71.9 Å². The summed E-state index contributed by atoms with van der Waals surface area (Å²) >= 11 is 0. The number of carbonyl (C=O) groups excluding carboxylic acids is 1. The quantitative estimate of drug-likeness (QED) is 0.669. The van der Waals surface area contributed by atoms with Gasteiger partial charge in [0.1, 0.15) is 0 Å². The largest absolute Gasteiger partial charge is 0.464 e. The smallest absolute Gasteiger partial charge is 0.360 e. The molecule has 0 radical (unpaired) electrons. The molecule has 2 heterocycles. The number of nitrogens with zero attached hydrogens (tertiary/aromatic N) is 5. The number of aryl methyl sites for hydroxylation is 2. The summed E-state index contributed by atoms with van der Waals surface area (Å²) in [6, 6.07) is 5.53. The Morgan fingerprint density at radius 2 is 1.89 bits per heavy atom. The molecule has 1 aromatic carbocycles. The molecule has 0 atom stereocenters. The summed E-state index contributed by atoms with van der Waals surface area (Å²) in [6.45, 7) is 2.43. The second-order valence-corrected chi connectivity index (χ2v) is 9.02. The van der Waals surface area contributed by atoms with Crippen LogP contribution in [0.5, 0.6) is 0 Å². The van der Waals surface area contributed by atoms with Crippen LogP contribution < -0.4 is 0 Å². The van der Waals surface area contributed by atoms with Gasteiger partial charge in [-0.1, -0.05) is 11.3 Å². The summed E-state index contributed by atoms with van der Waals surface area (Å²) in [6.07, 6.45) is 4.61. The van der Waals surface area contributed by atoms with Crippen LogP contribution >= 0.6 is 0 Å². The van der Waals surface area contributed by atoms with Crippen LogP contribution in [0.3, 0.4) is 0 Å². The number of carbonyl (C=O) groups is 1. The number of rotatable bonds is 5. The van der Waals surface area contributed by atoms with Crippen LogP contribution in [-0.2, 0) is 34.3 Å². The molecule has 0 saturated carbocycles. The molecule has 1 saturated heterocycles. The van der Waals surface area contributed by atoms with Crippen LogP contribution in [0.15, 0.2) is 29.3 Å². The number of esters is 1. The monoisotopic (exact) mass is 405 g/mol. The highest BCUT2D eigenvalue weighted by atomic mass is 32.2. The van der Waals surface area contributed by atoms with Crippen molar-refractivity contribution >= 4 is 16.0 Å². The third-order valence-corrected chi connectivity index (χ3v) is 7.21. The lowest BCUT2D eigenvalue weighted by Crippen LogP contribution is -2.48. The number of hydrogen-bond donors (Lipinski definition) is 0. The van der Waals surface area contributed by atoms with Crippen LogP contribution in [0.1, 0.15) is 28.0 Å². The first-order chi connectivity index (χ1) is 13.5. The predicted octanol–water partition coefficient (Wildman–Crippen LogP) is 0.517. The lowest BCUT2D eigenvalue weighted by molar-refractivity contribution is 0.0593. The molecule has 0 spiro atoms. The number of piperazine rings is 1. The number of sulfonamides is 1. The van der Waals surface area contributed by atoms with Crippen LogP contribution in [0, 0.1) is 0 Å². The molecule has 150 valence electrons. The number of benzene rings is 1. The summed E-state index contributed by atoms with van der Waals surface area (Å²) in [5, 5.41) is 7.70. The maximum Gasteiger partial charge on any atom is 0.360 e. The highest BCUT2D eigenvalue weighted by molar-refractivity contribution is 7.89. The molecular formula is C18H23N5O4S. The third kappa shape index (κ3) is 3.67. The molecule has 9 nitrogen and oxygen atoms in total. The second-order valence-electron chi connectivity index (χ2n) is 7.08. The van der Waals surface area contributed by atoms with Gasteiger partial charge in [-0.05, 0) is 42.5 Å². The van der Waals surface area contributed by atoms with Crippen LogP contribution in [0.2, 0.25) is 0 Å². The van der Waals surface area contributed by atoms with Gasteiger partial charge in [0, 0.05) is 26.2 Å². The van der Waals surface area contributed by atoms with E-state index in [1.54, 1.807) is 15.1 Å². The first-order valence-corrected chi connectivity index (χ1v) is 10.7. The van der Waals surface area contributed by atoms with Gasteiger partial charge in [-0.15, -0.1) is 5.10 Å². The minimum atomic E-state index is -3.48. The van der Waals surface area contributed by atoms with Crippen molar-refractivity contribution < 1.29 is 17.9 Å². The van der Waals surface area contributed by atoms with Gasteiger partial charge in [-0.25, -0.2) is 17.9 Å². The van der Waals surface area contributed by atoms with E-state index in [1.165, 1.54) is 18.9 Å². The topological polar surface area (TPSA) is 97.6 Å². The van der Waals surface area contributed by atoms with Crippen molar-refractivity contribution in [1.29, 1.82) is 0 Å². The highest BCUT2D eigenvalue weighted by Gasteiger charge is 2.29. The van der Waals surface area contributed by atoms with Gasteiger partial charge >= 0.3 is 5.97 Å². The summed E-state index contributed by atoms with van der Waals surface area (Å²) < 4.78 is 33.7. The van der Waals surface area contributed by atoms with Crippen molar-refractivity contribution in [2.45, 2.75) is 30.8 Å². The average molecular weight is 405 g/mol. The normalized spacial score (nSPS) is 18.2. The lowest BCUT2D eigenvalue weighted by Gasteiger charge is -2.33. The number of hydrogen-bond acceptors (Lipinski definition) is 7.